The van der Waals surface area contributed by atoms with Gasteiger partial charge in [0.25, 0.3) is 0 Å². The molecule has 20 heavy (non-hydrogen) atoms. The topological polar surface area (TPSA) is 63.4 Å². The molecule has 2 rings (SSSR count). The lowest BCUT2D eigenvalue weighted by molar-refractivity contribution is 0.341. The van der Waals surface area contributed by atoms with Crippen LogP contribution in [0.15, 0.2) is 29.2 Å². The Morgan fingerprint density at radius 2 is 1.75 bits per heavy atom. The van der Waals surface area contributed by atoms with Gasteiger partial charge in [0, 0.05) is 18.6 Å². The number of hydrogen-bond donors (Lipinski definition) is 1. The lowest BCUT2D eigenvalue weighted by Gasteiger charge is -2.26. The number of benzene rings is 1. The van der Waals surface area contributed by atoms with Crippen LogP contribution in [0, 0.1) is 5.92 Å². The Bertz CT molecular complexity index is 546. The minimum atomic E-state index is -3.41. The number of hydrogen-bond acceptors (Lipinski definition) is 3. The van der Waals surface area contributed by atoms with Crippen LogP contribution in [0.3, 0.4) is 0 Å². The normalized spacial score (nSPS) is 17.7. The third-order valence-electron chi connectivity index (χ3n) is 3.72. The van der Waals surface area contributed by atoms with E-state index in [9.17, 15) is 8.42 Å². The second-order valence-electron chi connectivity index (χ2n) is 5.97. The smallest absolute Gasteiger partial charge is 0.243 e. The predicted octanol–water partition coefficient (Wildman–Crippen LogP) is 2.52. The Morgan fingerprint density at radius 3 is 2.15 bits per heavy atom. The molecular formula is C15H24N2O2S. The lowest BCUT2D eigenvalue weighted by atomic mass is 10.1. The van der Waals surface area contributed by atoms with E-state index in [-0.39, 0.29) is 12.1 Å². The van der Waals surface area contributed by atoms with Crippen molar-refractivity contribution in [2.24, 2.45) is 11.7 Å². The van der Waals surface area contributed by atoms with Gasteiger partial charge in [0.05, 0.1) is 4.90 Å². The van der Waals surface area contributed by atoms with E-state index < -0.39 is 10.0 Å². The van der Waals surface area contributed by atoms with Crippen molar-refractivity contribution in [1.82, 2.24) is 4.31 Å². The lowest BCUT2D eigenvalue weighted by Crippen LogP contribution is -2.38. The molecule has 1 atom stereocenters. The van der Waals surface area contributed by atoms with Crippen molar-refractivity contribution in [3.63, 3.8) is 0 Å². The fourth-order valence-corrected chi connectivity index (χ4v) is 3.93. The molecule has 0 spiro atoms. The van der Waals surface area contributed by atoms with Gasteiger partial charge in [-0.3, -0.25) is 0 Å². The minimum absolute atomic E-state index is 0.0197. The Balaban J connectivity index is 2.26. The molecule has 2 N–H and O–H groups in total. The number of rotatable bonds is 6. The van der Waals surface area contributed by atoms with Gasteiger partial charge < -0.3 is 5.73 Å². The summed E-state index contributed by atoms with van der Waals surface area (Å²) in [4.78, 5) is 0.358. The molecule has 1 aromatic rings. The van der Waals surface area contributed by atoms with E-state index >= 15 is 0 Å². The standard InChI is InChI=1S/C15H24N2O2S/c1-11(2)17(10-13-4-5-13)20(18,19)15-8-6-14(7-9-15)12(3)16/h6-9,11-13H,4-5,10,16H2,1-3H3. The zero-order valence-electron chi connectivity index (χ0n) is 12.4. The summed E-state index contributed by atoms with van der Waals surface area (Å²) in [7, 11) is -3.41. The first-order valence-corrected chi connectivity index (χ1v) is 8.63. The zero-order valence-corrected chi connectivity index (χ0v) is 13.2. The van der Waals surface area contributed by atoms with Crippen molar-refractivity contribution in [3.05, 3.63) is 29.8 Å². The van der Waals surface area contributed by atoms with Crippen LogP contribution in [0.2, 0.25) is 0 Å². The molecule has 5 heteroatoms. The summed E-state index contributed by atoms with van der Waals surface area (Å²) in [6.45, 7) is 6.37. The molecule has 112 valence electrons. The first-order chi connectivity index (χ1) is 9.32. The highest BCUT2D eigenvalue weighted by molar-refractivity contribution is 7.89. The van der Waals surface area contributed by atoms with Crippen LogP contribution in [-0.4, -0.2) is 25.3 Å². The molecule has 0 aromatic heterocycles. The summed E-state index contributed by atoms with van der Waals surface area (Å²) in [6, 6.07) is 6.82. The number of nitrogens with zero attached hydrogens (tertiary/aromatic N) is 1. The van der Waals surface area contributed by atoms with Crippen LogP contribution in [0.1, 0.15) is 45.2 Å². The molecule has 0 heterocycles. The van der Waals surface area contributed by atoms with Crippen molar-refractivity contribution >= 4 is 10.0 Å². The second-order valence-corrected chi connectivity index (χ2v) is 7.86. The molecule has 0 saturated heterocycles. The van der Waals surface area contributed by atoms with E-state index in [4.69, 9.17) is 5.73 Å². The molecule has 1 fully saturated rings. The van der Waals surface area contributed by atoms with Crippen molar-refractivity contribution in [3.8, 4) is 0 Å². The summed E-state index contributed by atoms with van der Waals surface area (Å²) in [5.41, 5.74) is 6.74. The van der Waals surface area contributed by atoms with Crippen LogP contribution in [0.25, 0.3) is 0 Å². The average molecular weight is 296 g/mol. The summed E-state index contributed by atoms with van der Waals surface area (Å²) in [5.74, 6) is 0.538. The maximum absolute atomic E-state index is 12.7. The van der Waals surface area contributed by atoms with Crippen molar-refractivity contribution < 1.29 is 8.42 Å². The molecule has 1 unspecified atom stereocenters. The Labute approximate surface area is 122 Å². The molecule has 1 aliphatic carbocycles. The van der Waals surface area contributed by atoms with Gasteiger partial charge in [0.15, 0.2) is 0 Å². The predicted molar refractivity (Wildman–Crippen MR) is 80.8 cm³/mol. The highest BCUT2D eigenvalue weighted by Crippen LogP contribution is 2.32. The highest BCUT2D eigenvalue weighted by atomic mass is 32.2. The summed E-state index contributed by atoms with van der Waals surface area (Å²) >= 11 is 0. The largest absolute Gasteiger partial charge is 0.324 e. The molecule has 0 amide bonds. The van der Waals surface area contributed by atoms with Crippen molar-refractivity contribution in [2.45, 2.75) is 50.6 Å². The van der Waals surface area contributed by atoms with Gasteiger partial charge >= 0.3 is 0 Å². The van der Waals surface area contributed by atoms with E-state index in [0.717, 1.165) is 18.4 Å². The summed E-state index contributed by atoms with van der Waals surface area (Å²) in [6.07, 6.45) is 2.28. The van der Waals surface area contributed by atoms with Gasteiger partial charge in [-0.05, 0) is 57.2 Å². The summed E-state index contributed by atoms with van der Waals surface area (Å²) < 4.78 is 27.0. The first-order valence-electron chi connectivity index (χ1n) is 7.19. The van der Waals surface area contributed by atoms with Gasteiger partial charge in [-0.2, -0.15) is 4.31 Å². The molecule has 1 aromatic carbocycles. The van der Waals surface area contributed by atoms with Crippen molar-refractivity contribution in [1.29, 1.82) is 0 Å². The van der Waals surface area contributed by atoms with Crippen LogP contribution in [-0.2, 0) is 10.0 Å². The van der Waals surface area contributed by atoms with E-state index in [1.165, 1.54) is 0 Å². The van der Waals surface area contributed by atoms with Crippen LogP contribution >= 0.6 is 0 Å². The Hall–Kier alpha value is -0.910. The molecule has 0 radical (unpaired) electrons. The van der Waals surface area contributed by atoms with E-state index in [1.807, 2.05) is 20.8 Å². The summed E-state index contributed by atoms with van der Waals surface area (Å²) in [5, 5.41) is 0. The van der Waals surface area contributed by atoms with E-state index in [0.29, 0.717) is 17.4 Å². The molecule has 0 aliphatic heterocycles. The zero-order chi connectivity index (χ0) is 14.9. The van der Waals surface area contributed by atoms with E-state index in [2.05, 4.69) is 0 Å². The second kappa shape index (κ2) is 5.84. The third-order valence-corrected chi connectivity index (χ3v) is 5.78. The fourth-order valence-electron chi connectivity index (χ4n) is 2.22. The van der Waals surface area contributed by atoms with Gasteiger partial charge in [-0.15, -0.1) is 0 Å². The molecule has 1 aliphatic rings. The maximum atomic E-state index is 12.7. The molecular weight excluding hydrogens is 272 g/mol. The van der Waals surface area contributed by atoms with Gasteiger partial charge in [0.1, 0.15) is 0 Å². The van der Waals surface area contributed by atoms with Crippen LogP contribution in [0.5, 0.6) is 0 Å². The minimum Gasteiger partial charge on any atom is -0.324 e. The number of nitrogens with two attached hydrogens (primary N) is 1. The average Bonchev–Trinajstić information content (AvgIpc) is 3.19. The molecule has 4 nitrogen and oxygen atoms in total. The molecule has 0 bridgehead atoms. The number of sulfonamides is 1. The van der Waals surface area contributed by atoms with Gasteiger partial charge in [0.2, 0.25) is 10.0 Å². The van der Waals surface area contributed by atoms with Crippen molar-refractivity contribution in [2.75, 3.05) is 6.54 Å². The van der Waals surface area contributed by atoms with E-state index in [1.54, 1.807) is 28.6 Å². The maximum Gasteiger partial charge on any atom is 0.243 e. The fraction of sp³-hybridized carbons (Fsp3) is 0.600. The van der Waals surface area contributed by atoms with Crippen LogP contribution in [0.4, 0.5) is 0 Å². The van der Waals surface area contributed by atoms with Gasteiger partial charge in [-0.25, -0.2) is 8.42 Å². The third kappa shape index (κ3) is 3.40. The Morgan fingerprint density at radius 1 is 1.20 bits per heavy atom. The quantitative estimate of drug-likeness (QED) is 0.877. The monoisotopic (exact) mass is 296 g/mol. The first kappa shape index (κ1) is 15.5. The highest BCUT2D eigenvalue weighted by Gasteiger charge is 2.33. The van der Waals surface area contributed by atoms with Gasteiger partial charge in [-0.1, -0.05) is 12.1 Å². The van der Waals surface area contributed by atoms with Crippen LogP contribution < -0.4 is 5.73 Å². The molecule has 1 saturated carbocycles. The SMILES string of the molecule is CC(N)c1ccc(S(=O)(=O)N(CC2CC2)C(C)C)cc1. The Kier molecular flexibility index (Phi) is 4.52.